The molecule has 20 heavy (non-hydrogen) atoms. The van der Waals surface area contributed by atoms with E-state index < -0.39 is 0 Å². The Hall–Kier alpha value is -2.09. The summed E-state index contributed by atoms with van der Waals surface area (Å²) < 4.78 is 0. The lowest BCUT2D eigenvalue weighted by molar-refractivity contribution is 0.0975. The van der Waals surface area contributed by atoms with Crippen LogP contribution in [0.1, 0.15) is 39.4 Å². The number of benzene rings is 2. The van der Waals surface area contributed by atoms with Gasteiger partial charge in [0.2, 0.25) is 0 Å². The van der Waals surface area contributed by atoms with Crippen LogP contribution in [0.4, 0.5) is 5.69 Å². The van der Waals surface area contributed by atoms with Crippen molar-refractivity contribution in [2.24, 2.45) is 0 Å². The number of hydrogen-bond donors (Lipinski definition) is 1. The van der Waals surface area contributed by atoms with Crippen LogP contribution in [0, 0.1) is 13.8 Å². The molecule has 0 spiro atoms. The van der Waals surface area contributed by atoms with Gasteiger partial charge < -0.3 is 5.32 Å². The van der Waals surface area contributed by atoms with Gasteiger partial charge in [0, 0.05) is 30.1 Å². The summed E-state index contributed by atoms with van der Waals surface area (Å²) in [5.74, 6) is 0.525. The van der Waals surface area contributed by atoms with Crippen LogP contribution in [0.25, 0.3) is 0 Å². The minimum absolute atomic E-state index is 0.233. The fraction of sp³-hybridized carbons (Fsp3) is 0.278. The molecule has 1 aliphatic heterocycles. The van der Waals surface area contributed by atoms with Crippen LogP contribution >= 0.6 is 0 Å². The Morgan fingerprint density at radius 1 is 1.15 bits per heavy atom. The van der Waals surface area contributed by atoms with Crippen LogP contribution in [-0.2, 0) is 0 Å². The van der Waals surface area contributed by atoms with E-state index in [0.29, 0.717) is 12.3 Å². The van der Waals surface area contributed by atoms with Crippen molar-refractivity contribution >= 4 is 11.5 Å². The molecule has 102 valence electrons. The van der Waals surface area contributed by atoms with E-state index in [2.05, 4.69) is 31.3 Å². The second kappa shape index (κ2) is 5.12. The molecule has 0 saturated carbocycles. The summed E-state index contributed by atoms with van der Waals surface area (Å²) in [4.78, 5) is 12.4. The lowest BCUT2D eigenvalue weighted by Gasteiger charge is -2.10. The molecule has 0 bridgehead atoms. The molecule has 1 heterocycles. The zero-order chi connectivity index (χ0) is 14.1. The SMILES string of the molecule is Cc1ccc(C(=O)CC2CNc3ccccc32)cc1C. The van der Waals surface area contributed by atoms with Gasteiger partial charge in [-0.25, -0.2) is 0 Å². The molecule has 2 aromatic carbocycles. The highest BCUT2D eigenvalue weighted by molar-refractivity contribution is 5.97. The molecule has 0 fully saturated rings. The van der Waals surface area contributed by atoms with Crippen molar-refractivity contribution in [1.29, 1.82) is 0 Å². The van der Waals surface area contributed by atoms with Crippen molar-refractivity contribution < 1.29 is 4.79 Å². The zero-order valence-electron chi connectivity index (χ0n) is 11.9. The zero-order valence-corrected chi connectivity index (χ0v) is 11.9. The maximum atomic E-state index is 12.4. The fourth-order valence-electron chi connectivity index (χ4n) is 2.80. The van der Waals surface area contributed by atoms with E-state index in [-0.39, 0.29) is 5.78 Å². The summed E-state index contributed by atoms with van der Waals surface area (Å²) >= 11 is 0. The average Bonchev–Trinajstić information content (AvgIpc) is 2.85. The summed E-state index contributed by atoms with van der Waals surface area (Å²) in [5.41, 5.74) is 5.68. The van der Waals surface area contributed by atoms with Crippen LogP contribution in [0.5, 0.6) is 0 Å². The van der Waals surface area contributed by atoms with Gasteiger partial charge in [0.05, 0.1) is 0 Å². The van der Waals surface area contributed by atoms with Crippen molar-refractivity contribution in [3.8, 4) is 0 Å². The quantitative estimate of drug-likeness (QED) is 0.847. The minimum atomic E-state index is 0.233. The number of rotatable bonds is 3. The first-order valence-electron chi connectivity index (χ1n) is 7.08. The molecule has 2 nitrogen and oxygen atoms in total. The first-order valence-corrected chi connectivity index (χ1v) is 7.08. The summed E-state index contributed by atoms with van der Waals surface area (Å²) in [6, 6.07) is 14.2. The summed E-state index contributed by atoms with van der Waals surface area (Å²) in [5, 5.41) is 3.38. The van der Waals surface area contributed by atoms with E-state index in [1.807, 2.05) is 30.3 Å². The summed E-state index contributed by atoms with van der Waals surface area (Å²) in [6.07, 6.45) is 0.576. The summed E-state index contributed by atoms with van der Waals surface area (Å²) in [6.45, 7) is 4.98. The van der Waals surface area contributed by atoms with Crippen LogP contribution in [0.3, 0.4) is 0 Å². The molecule has 0 saturated heterocycles. The molecule has 0 amide bonds. The van der Waals surface area contributed by atoms with Gasteiger partial charge in [-0.05, 0) is 42.7 Å². The number of carbonyl (C=O) groups excluding carboxylic acids is 1. The minimum Gasteiger partial charge on any atom is -0.384 e. The molecule has 2 heteroatoms. The molecule has 0 aliphatic carbocycles. The third kappa shape index (κ3) is 2.34. The highest BCUT2D eigenvalue weighted by Crippen LogP contribution is 2.34. The Bertz CT molecular complexity index is 660. The van der Waals surface area contributed by atoms with E-state index in [1.165, 1.54) is 22.4 Å². The Morgan fingerprint density at radius 3 is 2.75 bits per heavy atom. The Labute approximate surface area is 119 Å². The molecule has 0 aromatic heterocycles. The maximum absolute atomic E-state index is 12.4. The van der Waals surface area contributed by atoms with Crippen LogP contribution < -0.4 is 5.32 Å². The molecule has 1 unspecified atom stereocenters. The van der Waals surface area contributed by atoms with Crippen molar-refractivity contribution in [2.45, 2.75) is 26.2 Å². The normalized spacial score (nSPS) is 16.6. The molecular weight excluding hydrogens is 246 g/mol. The second-order valence-electron chi connectivity index (χ2n) is 5.59. The Balaban J connectivity index is 1.79. The fourth-order valence-corrected chi connectivity index (χ4v) is 2.80. The van der Waals surface area contributed by atoms with Gasteiger partial charge in [-0.1, -0.05) is 30.3 Å². The molecule has 0 radical (unpaired) electrons. The molecule has 3 rings (SSSR count). The third-order valence-corrected chi connectivity index (χ3v) is 4.20. The predicted octanol–water partition coefficient (Wildman–Crippen LogP) is 4.09. The number of fused-ring (bicyclic) bond motifs is 1. The van der Waals surface area contributed by atoms with Crippen LogP contribution in [0.15, 0.2) is 42.5 Å². The lowest BCUT2D eigenvalue weighted by atomic mass is 9.92. The molecule has 1 N–H and O–H groups in total. The number of Topliss-reactive ketones (excluding diaryl/α,β-unsaturated/α-hetero) is 1. The maximum Gasteiger partial charge on any atom is 0.163 e. The second-order valence-corrected chi connectivity index (χ2v) is 5.59. The van der Waals surface area contributed by atoms with Crippen molar-refractivity contribution in [2.75, 3.05) is 11.9 Å². The summed E-state index contributed by atoms with van der Waals surface area (Å²) in [7, 11) is 0. The van der Waals surface area contributed by atoms with Gasteiger partial charge in [0.15, 0.2) is 5.78 Å². The van der Waals surface area contributed by atoms with Gasteiger partial charge in [-0.2, -0.15) is 0 Å². The van der Waals surface area contributed by atoms with E-state index in [0.717, 1.165) is 12.1 Å². The van der Waals surface area contributed by atoms with Crippen molar-refractivity contribution in [3.05, 3.63) is 64.7 Å². The first kappa shape index (κ1) is 12.9. The topological polar surface area (TPSA) is 29.1 Å². The van der Waals surface area contributed by atoms with Gasteiger partial charge in [-0.15, -0.1) is 0 Å². The first-order chi connectivity index (χ1) is 9.65. The van der Waals surface area contributed by atoms with E-state index in [1.54, 1.807) is 0 Å². The Kier molecular flexibility index (Phi) is 3.31. The number of hydrogen-bond acceptors (Lipinski definition) is 2. The average molecular weight is 265 g/mol. The van der Waals surface area contributed by atoms with Gasteiger partial charge in [-0.3, -0.25) is 4.79 Å². The number of para-hydroxylation sites is 1. The van der Waals surface area contributed by atoms with Crippen LogP contribution in [-0.4, -0.2) is 12.3 Å². The molecule has 1 aliphatic rings. The highest BCUT2D eigenvalue weighted by Gasteiger charge is 2.24. The number of anilines is 1. The third-order valence-electron chi connectivity index (χ3n) is 4.20. The van der Waals surface area contributed by atoms with Crippen LogP contribution in [0.2, 0.25) is 0 Å². The largest absolute Gasteiger partial charge is 0.384 e. The number of carbonyl (C=O) groups is 1. The van der Waals surface area contributed by atoms with Gasteiger partial charge >= 0.3 is 0 Å². The highest BCUT2D eigenvalue weighted by atomic mass is 16.1. The monoisotopic (exact) mass is 265 g/mol. The van der Waals surface area contributed by atoms with Gasteiger partial charge in [0.1, 0.15) is 0 Å². The number of nitrogens with one attached hydrogen (secondary N) is 1. The van der Waals surface area contributed by atoms with Crippen molar-refractivity contribution in [3.63, 3.8) is 0 Å². The van der Waals surface area contributed by atoms with Crippen molar-refractivity contribution in [1.82, 2.24) is 0 Å². The number of aryl methyl sites for hydroxylation is 2. The van der Waals surface area contributed by atoms with E-state index in [9.17, 15) is 4.79 Å². The Morgan fingerprint density at radius 2 is 1.95 bits per heavy atom. The smallest absolute Gasteiger partial charge is 0.163 e. The van der Waals surface area contributed by atoms with E-state index >= 15 is 0 Å². The molecule has 2 aromatic rings. The molecular formula is C18H19NO. The standard InChI is InChI=1S/C18H19NO/c1-12-7-8-14(9-13(12)2)18(20)10-15-11-19-17-6-4-3-5-16(15)17/h3-9,15,19H,10-11H2,1-2H3. The number of ketones is 1. The lowest BCUT2D eigenvalue weighted by Crippen LogP contribution is -2.09. The van der Waals surface area contributed by atoms with E-state index in [4.69, 9.17) is 0 Å². The predicted molar refractivity (Wildman–Crippen MR) is 82.5 cm³/mol. The molecule has 1 atom stereocenters. The van der Waals surface area contributed by atoms with Gasteiger partial charge in [0.25, 0.3) is 0 Å².